The first-order valence-corrected chi connectivity index (χ1v) is 9.50. The summed E-state index contributed by atoms with van der Waals surface area (Å²) in [6.07, 6.45) is 2.80. The van der Waals surface area contributed by atoms with Crippen molar-refractivity contribution in [1.82, 2.24) is 4.72 Å². The fourth-order valence-electron chi connectivity index (χ4n) is 1.71. The van der Waals surface area contributed by atoms with Gasteiger partial charge in [-0.15, -0.1) is 0 Å². The predicted molar refractivity (Wildman–Crippen MR) is 89.9 cm³/mol. The Labute approximate surface area is 131 Å². The zero-order valence-corrected chi connectivity index (χ0v) is 14.3. The molecule has 0 aliphatic carbocycles. The largest absolute Gasteiger partial charge is 0.320 e. The van der Waals surface area contributed by atoms with Gasteiger partial charge in [0.05, 0.1) is 11.4 Å². The van der Waals surface area contributed by atoms with Crippen LogP contribution in [0.2, 0.25) is 0 Å². The highest BCUT2D eigenvalue weighted by Gasteiger charge is 2.17. The standard InChI is InChI=1S/C15H22N2O2S2/c1-12-6-7-15(14(11-12)5-4-9-16)21(18,19)17-10-8-13(2)20-3/h6-7,11,13,17H,8-10,16H2,1-3H3. The van der Waals surface area contributed by atoms with Gasteiger partial charge in [-0.1, -0.05) is 24.8 Å². The van der Waals surface area contributed by atoms with E-state index in [0.717, 1.165) is 12.0 Å². The summed E-state index contributed by atoms with van der Waals surface area (Å²) in [5.41, 5.74) is 6.82. The van der Waals surface area contributed by atoms with Gasteiger partial charge in [0.25, 0.3) is 0 Å². The molecule has 0 radical (unpaired) electrons. The van der Waals surface area contributed by atoms with Crippen LogP contribution in [0.5, 0.6) is 0 Å². The van der Waals surface area contributed by atoms with Gasteiger partial charge in [-0.2, -0.15) is 11.8 Å². The normalized spacial score (nSPS) is 12.6. The van der Waals surface area contributed by atoms with Gasteiger partial charge < -0.3 is 5.73 Å². The van der Waals surface area contributed by atoms with E-state index in [1.54, 1.807) is 30.0 Å². The molecule has 0 heterocycles. The molecular formula is C15H22N2O2S2. The topological polar surface area (TPSA) is 72.2 Å². The smallest absolute Gasteiger partial charge is 0.241 e. The first-order valence-electron chi connectivity index (χ1n) is 6.72. The Morgan fingerprint density at radius 1 is 1.43 bits per heavy atom. The van der Waals surface area contributed by atoms with Gasteiger partial charge in [-0.3, -0.25) is 0 Å². The molecule has 1 atom stereocenters. The number of aryl methyl sites for hydroxylation is 1. The van der Waals surface area contributed by atoms with E-state index in [1.807, 2.05) is 13.2 Å². The van der Waals surface area contributed by atoms with E-state index in [1.165, 1.54) is 0 Å². The number of hydrogen-bond acceptors (Lipinski definition) is 4. The minimum atomic E-state index is -3.54. The van der Waals surface area contributed by atoms with Gasteiger partial charge in [0, 0.05) is 17.4 Å². The molecule has 0 fully saturated rings. The van der Waals surface area contributed by atoms with Crippen molar-refractivity contribution >= 4 is 21.8 Å². The van der Waals surface area contributed by atoms with Gasteiger partial charge in [-0.05, 0) is 37.3 Å². The van der Waals surface area contributed by atoms with Crippen LogP contribution in [-0.4, -0.2) is 33.0 Å². The first kappa shape index (κ1) is 18.1. The number of rotatable bonds is 6. The van der Waals surface area contributed by atoms with Gasteiger partial charge in [-0.25, -0.2) is 13.1 Å². The molecule has 6 heteroatoms. The monoisotopic (exact) mass is 326 g/mol. The summed E-state index contributed by atoms with van der Waals surface area (Å²) in [5.74, 6) is 5.54. The van der Waals surface area contributed by atoms with E-state index < -0.39 is 10.0 Å². The molecule has 0 spiro atoms. The number of nitrogens with two attached hydrogens (primary N) is 1. The second-order valence-electron chi connectivity index (χ2n) is 4.74. The second kappa shape index (κ2) is 8.44. The molecule has 116 valence electrons. The van der Waals surface area contributed by atoms with Crippen molar-refractivity contribution in [2.75, 3.05) is 19.3 Å². The van der Waals surface area contributed by atoms with Gasteiger partial charge in [0.2, 0.25) is 10.0 Å². The van der Waals surface area contributed by atoms with Crippen LogP contribution in [0, 0.1) is 18.8 Å². The second-order valence-corrected chi connectivity index (χ2v) is 7.75. The Morgan fingerprint density at radius 3 is 2.76 bits per heavy atom. The van der Waals surface area contributed by atoms with Gasteiger partial charge >= 0.3 is 0 Å². The Kier molecular flexibility index (Phi) is 7.26. The Bertz CT molecular complexity index is 631. The van der Waals surface area contributed by atoms with Crippen LogP contribution in [0.3, 0.4) is 0 Å². The van der Waals surface area contributed by atoms with Crippen molar-refractivity contribution in [1.29, 1.82) is 0 Å². The number of nitrogens with one attached hydrogen (secondary N) is 1. The quantitative estimate of drug-likeness (QED) is 0.781. The number of benzene rings is 1. The third-order valence-electron chi connectivity index (χ3n) is 3.00. The third-order valence-corrected chi connectivity index (χ3v) is 5.55. The lowest BCUT2D eigenvalue weighted by molar-refractivity contribution is 0.579. The molecule has 1 aromatic rings. The lowest BCUT2D eigenvalue weighted by atomic mass is 10.1. The number of sulfonamides is 1. The fourth-order valence-corrected chi connectivity index (χ4v) is 3.26. The summed E-state index contributed by atoms with van der Waals surface area (Å²) in [6.45, 7) is 4.59. The van der Waals surface area contributed by atoms with Crippen molar-refractivity contribution in [3.63, 3.8) is 0 Å². The highest BCUT2D eigenvalue weighted by atomic mass is 32.2. The van der Waals surface area contributed by atoms with Crippen LogP contribution >= 0.6 is 11.8 Å². The zero-order chi connectivity index (χ0) is 15.9. The van der Waals surface area contributed by atoms with Crippen LogP contribution in [0.25, 0.3) is 0 Å². The number of thioether (sulfide) groups is 1. The van der Waals surface area contributed by atoms with Gasteiger partial charge in [0.1, 0.15) is 0 Å². The third kappa shape index (κ3) is 5.71. The molecule has 0 aromatic heterocycles. The summed E-state index contributed by atoms with van der Waals surface area (Å²) in [7, 11) is -3.54. The highest BCUT2D eigenvalue weighted by Crippen LogP contribution is 2.17. The predicted octanol–water partition coefficient (Wildman–Crippen LogP) is 1.73. The van der Waals surface area contributed by atoms with E-state index in [2.05, 4.69) is 23.5 Å². The lowest BCUT2D eigenvalue weighted by Crippen LogP contribution is -2.27. The molecule has 3 N–H and O–H groups in total. The molecule has 0 aliphatic heterocycles. The Hall–Kier alpha value is -1.00. The lowest BCUT2D eigenvalue weighted by Gasteiger charge is -2.11. The van der Waals surface area contributed by atoms with E-state index in [0.29, 0.717) is 17.4 Å². The summed E-state index contributed by atoms with van der Waals surface area (Å²) in [5, 5.41) is 0.419. The molecule has 0 bridgehead atoms. The van der Waals surface area contributed by atoms with Gasteiger partial charge in [0.15, 0.2) is 0 Å². The van der Waals surface area contributed by atoms with Crippen molar-refractivity contribution in [2.24, 2.45) is 5.73 Å². The summed E-state index contributed by atoms with van der Waals surface area (Å²) >= 11 is 1.72. The molecule has 0 saturated heterocycles. The molecule has 4 nitrogen and oxygen atoms in total. The Balaban J connectivity index is 2.97. The van der Waals surface area contributed by atoms with Crippen molar-refractivity contribution < 1.29 is 8.42 Å². The molecule has 1 unspecified atom stereocenters. The SMILES string of the molecule is CSC(C)CCNS(=O)(=O)c1ccc(C)cc1C#CCN. The fraction of sp³-hybridized carbons (Fsp3) is 0.467. The number of hydrogen-bond donors (Lipinski definition) is 2. The minimum Gasteiger partial charge on any atom is -0.320 e. The summed E-state index contributed by atoms with van der Waals surface area (Å²) in [4.78, 5) is 0.214. The summed E-state index contributed by atoms with van der Waals surface area (Å²) < 4.78 is 27.4. The van der Waals surface area contributed by atoms with Crippen LogP contribution in [0.4, 0.5) is 0 Å². The molecule has 21 heavy (non-hydrogen) atoms. The maximum atomic E-state index is 12.4. The maximum absolute atomic E-state index is 12.4. The van der Waals surface area contributed by atoms with Crippen molar-refractivity contribution in [3.8, 4) is 11.8 Å². The van der Waals surface area contributed by atoms with E-state index >= 15 is 0 Å². The van der Waals surface area contributed by atoms with Crippen LogP contribution in [-0.2, 0) is 10.0 Å². The van der Waals surface area contributed by atoms with Crippen molar-refractivity contribution in [2.45, 2.75) is 30.4 Å². The van der Waals surface area contributed by atoms with E-state index in [4.69, 9.17) is 5.73 Å². The molecule has 0 saturated carbocycles. The van der Waals surface area contributed by atoms with Crippen molar-refractivity contribution in [3.05, 3.63) is 29.3 Å². The van der Waals surface area contributed by atoms with Crippen LogP contribution in [0.1, 0.15) is 24.5 Å². The maximum Gasteiger partial charge on any atom is 0.241 e. The molecule has 1 aromatic carbocycles. The molecule has 0 aliphatic rings. The average molecular weight is 326 g/mol. The minimum absolute atomic E-state index is 0.200. The zero-order valence-electron chi connectivity index (χ0n) is 12.6. The summed E-state index contributed by atoms with van der Waals surface area (Å²) in [6, 6.07) is 5.13. The molecule has 0 amide bonds. The first-order chi connectivity index (χ1) is 9.90. The highest BCUT2D eigenvalue weighted by molar-refractivity contribution is 7.99. The average Bonchev–Trinajstić information content (AvgIpc) is 2.44. The van der Waals surface area contributed by atoms with E-state index in [-0.39, 0.29) is 11.4 Å². The van der Waals surface area contributed by atoms with E-state index in [9.17, 15) is 8.42 Å². The Morgan fingerprint density at radius 2 is 2.14 bits per heavy atom. The molecule has 1 rings (SSSR count). The molecular weight excluding hydrogens is 304 g/mol. The van der Waals surface area contributed by atoms with Crippen LogP contribution in [0.15, 0.2) is 23.1 Å². The van der Waals surface area contributed by atoms with Crippen LogP contribution < -0.4 is 10.5 Å².